The van der Waals surface area contributed by atoms with E-state index in [0.717, 1.165) is 29.7 Å². The van der Waals surface area contributed by atoms with Crippen molar-refractivity contribution in [2.75, 3.05) is 11.9 Å². The second kappa shape index (κ2) is 8.91. The summed E-state index contributed by atoms with van der Waals surface area (Å²) < 4.78 is 0. The number of rotatable bonds is 7. The average Bonchev–Trinajstić information content (AvgIpc) is 2.58. The van der Waals surface area contributed by atoms with E-state index in [1.807, 2.05) is 48.5 Å². The average molecular weight is 309 g/mol. The fourth-order valence-corrected chi connectivity index (χ4v) is 2.31. The van der Waals surface area contributed by atoms with Crippen LogP contribution in [0.2, 0.25) is 0 Å². The minimum absolute atomic E-state index is 0.0612. The summed E-state index contributed by atoms with van der Waals surface area (Å²) in [4.78, 5) is 12.4. The number of aliphatic hydroxyl groups excluding tert-OH is 1. The number of nitrogens with one attached hydrogen (secondary N) is 1. The van der Waals surface area contributed by atoms with Crippen molar-refractivity contribution >= 4 is 17.7 Å². The molecule has 0 fully saturated rings. The lowest BCUT2D eigenvalue weighted by Gasteiger charge is -2.10. The van der Waals surface area contributed by atoms with Crippen LogP contribution in [0.1, 0.15) is 41.3 Å². The molecule has 1 amide bonds. The maximum absolute atomic E-state index is 12.4. The first-order valence-electron chi connectivity index (χ1n) is 8.01. The fourth-order valence-electron chi connectivity index (χ4n) is 2.31. The van der Waals surface area contributed by atoms with E-state index in [2.05, 4.69) is 24.4 Å². The lowest BCUT2D eigenvalue weighted by atomic mass is 10.1. The molecule has 2 aromatic rings. The van der Waals surface area contributed by atoms with Crippen molar-refractivity contribution in [3.05, 3.63) is 71.3 Å². The Morgan fingerprint density at radius 3 is 2.57 bits per heavy atom. The van der Waals surface area contributed by atoms with Crippen molar-refractivity contribution < 1.29 is 9.90 Å². The van der Waals surface area contributed by atoms with Crippen LogP contribution >= 0.6 is 0 Å². The van der Waals surface area contributed by atoms with E-state index in [4.69, 9.17) is 5.11 Å². The molecule has 3 nitrogen and oxygen atoms in total. The first-order valence-corrected chi connectivity index (χ1v) is 8.01. The normalized spacial score (nSPS) is 10.9. The lowest BCUT2D eigenvalue weighted by molar-refractivity contribution is 0.102. The van der Waals surface area contributed by atoms with E-state index in [1.54, 1.807) is 0 Å². The van der Waals surface area contributed by atoms with E-state index in [1.165, 1.54) is 0 Å². The summed E-state index contributed by atoms with van der Waals surface area (Å²) in [6.45, 7) is 2.21. The van der Waals surface area contributed by atoms with Gasteiger partial charge in [-0.05, 0) is 42.2 Å². The molecule has 0 bridgehead atoms. The van der Waals surface area contributed by atoms with Crippen LogP contribution in [0.4, 0.5) is 5.69 Å². The van der Waals surface area contributed by atoms with Gasteiger partial charge >= 0.3 is 0 Å². The van der Waals surface area contributed by atoms with E-state index in [0.29, 0.717) is 12.0 Å². The van der Waals surface area contributed by atoms with Crippen LogP contribution < -0.4 is 5.32 Å². The number of hydrogen-bond acceptors (Lipinski definition) is 2. The minimum atomic E-state index is -0.139. The van der Waals surface area contributed by atoms with Crippen LogP contribution in [0.3, 0.4) is 0 Å². The standard InChI is InChI=1S/C20H23NO2/c1-2-3-4-7-16-10-12-18(13-11-16)20(23)21-19-9-6-5-8-17(19)14-15-22/h4-13,22H,2-3,14-15H2,1H3,(H,21,23)/b7-4+. The Hall–Kier alpha value is -2.39. The maximum Gasteiger partial charge on any atom is 0.255 e. The zero-order valence-corrected chi connectivity index (χ0v) is 13.5. The van der Waals surface area contributed by atoms with Gasteiger partial charge in [0.15, 0.2) is 0 Å². The molecule has 0 unspecified atom stereocenters. The van der Waals surface area contributed by atoms with Gasteiger partial charge in [-0.1, -0.05) is 55.8 Å². The molecule has 0 aliphatic heterocycles. The Morgan fingerprint density at radius 2 is 1.87 bits per heavy atom. The summed E-state index contributed by atoms with van der Waals surface area (Å²) in [5.74, 6) is -0.139. The molecule has 0 aliphatic carbocycles. The highest BCUT2D eigenvalue weighted by molar-refractivity contribution is 6.04. The van der Waals surface area contributed by atoms with E-state index < -0.39 is 0 Å². The molecule has 0 saturated carbocycles. The Morgan fingerprint density at radius 1 is 1.13 bits per heavy atom. The molecule has 120 valence electrons. The molecule has 2 N–H and O–H groups in total. The molecular weight excluding hydrogens is 286 g/mol. The second-order valence-electron chi connectivity index (χ2n) is 5.40. The number of carbonyl (C=O) groups excluding carboxylic acids is 1. The number of allylic oxidation sites excluding steroid dienone is 1. The third kappa shape index (κ3) is 5.08. The molecule has 0 atom stereocenters. The predicted octanol–water partition coefficient (Wildman–Crippen LogP) is 4.29. The monoisotopic (exact) mass is 309 g/mol. The molecule has 0 heterocycles. The third-order valence-corrected chi connectivity index (χ3v) is 3.59. The molecule has 0 radical (unpaired) electrons. The molecule has 2 aromatic carbocycles. The number of carbonyl (C=O) groups is 1. The lowest BCUT2D eigenvalue weighted by Crippen LogP contribution is -2.13. The second-order valence-corrected chi connectivity index (χ2v) is 5.40. The highest BCUT2D eigenvalue weighted by Crippen LogP contribution is 2.17. The van der Waals surface area contributed by atoms with Crippen molar-refractivity contribution in [1.82, 2.24) is 0 Å². The highest BCUT2D eigenvalue weighted by Gasteiger charge is 2.08. The fraction of sp³-hybridized carbons (Fsp3) is 0.250. The van der Waals surface area contributed by atoms with Crippen molar-refractivity contribution in [3.8, 4) is 0 Å². The number of anilines is 1. The van der Waals surface area contributed by atoms with Crippen LogP contribution in [-0.2, 0) is 6.42 Å². The quantitative estimate of drug-likeness (QED) is 0.801. The van der Waals surface area contributed by atoms with E-state index in [9.17, 15) is 4.79 Å². The van der Waals surface area contributed by atoms with Gasteiger partial charge in [0.05, 0.1) is 0 Å². The maximum atomic E-state index is 12.4. The van der Waals surface area contributed by atoms with Crippen LogP contribution in [-0.4, -0.2) is 17.6 Å². The van der Waals surface area contributed by atoms with Gasteiger partial charge < -0.3 is 10.4 Å². The zero-order valence-electron chi connectivity index (χ0n) is 13.5. The number of benzene rings is 2. The van der Waals surface area contributed by atoms with Gasteiger partial charge in [0.2, 0.25) is 0 Å². The van der Waals surface area contributed by atoms with E-state index in [-0.39, 0.29) is 12.5 Å². The number of hydrogen-bond donors (Lipinski definition) is 2. The van der Waals surface area contributed by atoms with Crippen molar-refractivity contribution in [1.29, 1.82) is 0 Å². The van der Waals surface area contributed by atoms with Crippen molar-refractivity contribution in [2.45, 2.75) is 26.2 Å². The van der Waals surface area contributed by atoms with Gasteiger partial charge in [0.1, 0.15) is 0 Å². The molecule has 3 heteroatoms. The summed E-state index contributed by atoms with van der Waals surface area (Å²) in [5, 5.41) is 12.0. The van der Waals surface area contributed by atoms with Crippen LogP contribution in [0.25, 0.3) is 6.08 Å². The number of para-hydroxylation sites is 1. The first-order chi connectivity index (χ1) is 11.2. The number of aliphatic hydroxyl groups is 1. The molecule has 2 rings (SSSR count). The zero-order chi connectivity index (χ0) is 16.5. The third-order valence-electron chi connectivity index (χ3n) is 3.59. The number of amides is 1. The summed E-state index contributed by atoms with van der Waals surface area (Å²) in [7, 11) is 0. The van der Waals surface area contributed by atoms with Crippen LogP contribution in [0.15, 0.2) is 54.6 Å². The van der Waals surface area contributed by atoms with Gasteiger partial charge in [-0.2, -0.15) is 0 Å². The molecule has 0 spiro atoms. The first kappa shape index (κ1) is 17.0. The van der Waals surface area contributed by atoms with Crippen molar-refractivity contribution in [3.63, 3.8) is 0 Å². The molecule has 23 heavy (non-hydrogen) atoms. The van der Waals surface area contributed by atoms with E-state index >= 15 is 0 Å². The molecule has 0 aromatic heterocycles. The van der Waals surface area contributed by atoms with Gasteiger partial charge in [0.25, 0.3) is 5.91 Å². The Kier molecular flexibility index (Phi) is 6.57. The summed E-state index contributed by atoms with van der Waals surface area (Å²) >= 11 is 0. The summed E-state index contributed by atoms with van der Waals surface area (Å²) in [5.41, 5.74) is 3.40. The van der Waals surface area contributed by atoms with Crippen molar-refractivity contribution in [2.24, 2.45) is 0 Å². The number of unbranched alkanes of at least 4 members (excludes halogenated alkanes) is 1. The molecule has 0 saturated heterocycles. The van der Waals surface area contributed by atoms with Crippen LogP contribution in [0.5, 0.6) is 0 Å². The molecular formula is C20H23NO2. The summed E-state index contributed by atoms with van der Waals surface area (Å²) in [6, 6.07) is 15.1. The topological polar surface area (TPSA) is 49.3 Å². The smallest absolute Gasteiger partial charge is 0.255 e. The van der Waals surface area contributed by atoms with Gasteiger partial charge in [-0.15, -0.1) is 0 Å². The summed E-state index contributed by atoms with van der Waals surface area (Å²) in [6.07, 6.45) is 6.92. The SMILES string of the molecule is CCC/C=C/c1ccc(C(=O)Nc2ccccc2CCO)cc1. The predicted molar refractivity (Wildman–Crippen MR) is 95.6 cm³/mol. The Balaban J connectivity index is 2.06. The highest BCUT2D eigenvalue weighted by atomic mass is 16.3. The van der Waals surface area contributed by atoms with Gasteiger partial charge in [-0.25, -0.2) is 0 Å². The minimum Gasteiger partial charge on any atom is -0.396 e. The van der Waals surface area contributed by atoms with Crippen LogP contribution in [0, 0.1) is 0 Å². The van der Waals surface area contributed by atoms with Gasteiger partial charge in [-0.3, -0.25) is 4.79 Å². The molecule has 0 aliphatic rings. The Bertz CT molecular complexity index is 660. The Labute approximate surface area is 137 Å². The largest absolute Gasteiger partial charge is 0.396 e. The van der Waals surface area contributed by atoms with Gasteiger partial charge in [0, 0.05) is 17.9 Å².